The number of amides is 2. The number of rotatable bonds is 3. The van der Waals surface area contributed by atoms with Crippen LogP contribution in [0.1, 0.15) is 53.4 Å². The van der Waals surface area contributed by atoms with E-state index in [-0.39, 0.29) is 18.2 Å². The fourth-order valence-electron chi connectivity index (χ4n) is 2.05. The molecule has 0 bridgehead atoms. The molecule has 5 heteroatoms. The van der Waals surface area contributed by atoms with Crippen molar-refractivity contribution >= 4 is 12.2 Å². The van der Waals surface area contributed by atoms with E-state index >= 15 is 0 Å². The Kier molecular flexibility index (Phi) is 5.44. The third-order valence-electron chi connectivity index (χ3n) is 2.76. The molecule has 104 valence electrons. The van der Waals surface area contributed by atoms with Crippen molar-refractivity contribution in [3.8, 4) is 0 Å². The van der Waals surface area contributed by atoms with Crippen LogP contribution in [0.2, 0.25) is 0 Å². The molecule has 0 aromatic heterocycles. The maximum absolute atomic E-state index is 12.0. The van der Waals surface area contributed by atoms with E-state index in [2.05, 4.69) is 0 Å². The Labute approximate surface area is 108 Å². The van der Waals surface area contributed by atoms with Crippen molar-refractivity contribution < 1.29 is 19.1 Å². The molecule has 1 aliphatic carbocycles. The lowest BCUT2D eigenvalue weighted by Crippen LogP contribution is -2.45. The molecule has 5 nitrogen and oxygen atoms in total. The van der Waals surface area contributed by atoms with Gasteiger partial charge in [-0.15, -0.1) is 0 Å². The highest BCUT2D eigenvalue weighted by molar-refractivity contribution is 5.88. The van der Waals surface area contributed by atoms with E-state index in [0.29, 0.717) is 0 Å². The van der Waals surface area contributed by atoms with Crippen LogP contribution in [0.15, 0.2) is 0 Å². The molecule has 0 aliphatic heterocycles. The first-order valence-electron chi connectivity index (χ1n) is 6.62. The van der Waals surface area contributed by atoms with Gasteiger partial charge in [-0.05, 0) is 40.5 Å². The van der Waals surface area contributed by atoms with Gasteiger partial charge in [-0.1, -0.05) is 12.8 Å². The van der Waals surface area contributed by atoms with Gasteiger partial charge in [0, 0.05) is 6.04 Å². The number of imide groups is 1. The van der Waals surface area contributed by atoms with Gasteiger partial charge in [-0.25, -0.2) is 14.5 Å². The van der Waals surface area contributed by atoms with Gasteiger partial charge in [0.15, 0.2) is 0 Å². The molecule has 18 heavy (non-hydrogen) atoms. The maximum atomic E-state index is 12.0. The molecule has 0 aromatic rings. The van der Waals surface area contributed by atoms with E-state index in [1.165, 1.54) is 0 Å². The lowest BCUT2D eigenvalue weighted by atomic mass is 10.2. The minimum Gasteiger partial charge on any atom is -0.446 e. The van der Waals surface area contributed by atoms with Crippen LogP contribution in [0.4, 0.5) is 9.59 Å². The van der Waals surface area contributed by atoms with E-state index in [0.717, 1.165) is 30.6 Å². The zero-order valence-corrected chi connectivity index (χ0v) is 11.6. The molecule has 0 spiro atoms. The summed E-state index contributed by atoms with van der Waals surface area (Å²) in [6, 6.07) is -0.0810. The predicted octanol–water partition coefficient (Wildman–Crippen LogP) is 3.32. The summed E-state index contributed by atoms with van der Waals surface area (Å²) in [4.78, 5) is 25.1. The highest BCUT2D eigenvalue weighted by Gasteiger charge is 2.35. The smallest absolute Gasteiger partial charge is 0.419 e. The van der Waals surface area contributed by atoms with Gasteiger partial charge < -0.3 is 9.47 Å². The first kappa shape index (κ1) is 14.8. The molecule has 1 saturated carbocycles. The molecule has 0 unspecified atom stereocenters. The van der Waals surface area contributed by atoms with Crippen LogP contribution >= 0.6 is 0 Å². The largest absolute Gasteiger partial charge is 0.446 e. The van der Waals surface area contributed by atoms with Crippen molar-refractivity contribution in [1.29, 1.82) is 0 Å². The normalized spacial score (nSPS) is 16.1. The Hall–Kier alpha value is -1.26. The quantitative estimate of drug-likeness (QED) is 0.778. The van der Waals surface area contributed by atoms with Crippen molar-refractivity contribution in [3.63, 3.8) is 0 Å². The molecule has 2 amide bonds. The van der Waals surface area contributed by atoms with Crippen LogP contribution in [-0.2, 0) is 9.47 Å². The summed E-state index contributed by atoms with van der Waals surface area (Å²) in [7, 11) is 0. The maximum Gasteiger partial charge on any atom is 0.419 e. The summed E-state index contributed by atoms with van der Waals surface area (Å²) in [5, 5.41) is 0. The summed E-state index contributed by atoms with van der Waals surface area (Å²) >= 11 is 0. The van der Waals surface area contributed by atoms with Crippen molar-refractivity contribution in [2.45, 2.75) is 71.6 Å². The molecule has 0 aromatic carbocycles. The third kappa shape index (κ3) is 4.20. The summed E-state index contributed by atoms with van der Waals surface area (Å²) in [5.41, 5.74) is 0. The summed E-state index contributed by atoms with van der Waals surface area (Å²) < 4.78 is 10.2. The van der Waals surface area contributed by atoms with Gasteiger partial charge in [-0.3, -0.25) is 0 Å². The number of nitrogens with zero attached hydrogens (tertiary/aromatic N) is 1. The SMILES string of the molecule is CC(C)OC(=O)N(C(=O)OC(C)C)C1CCCC1. The van der Waals surface area contributed by atoms with Crippen molar-refractivity contribution in [2.24, 2.45) is 0 Å². The molecule has 1 fully saturated rings. The molecule has 0 saturated heterocycles. The highest BCUT2D eigenvalue weighted by Crippen LogP contribution is 2.25. The van der Waals surface area contributed by atoms with E-state index < -0.39 is 12.2 Å². The van der Waals surface area contributed by atoms with Gasteiger partial charge >= 0.3 is 12.2 Å². The predicted molar refractivity (Wildman–Crippen MR) is 67.3 cm³/mol. The van der Waals surface area contributed by atoms with Crippen LogP contribution in [-0.4, -0.2) is 35.3 Å². The topological polar surface area (TPSA) is 55.8 Å². The fraction of sp³-hybridized carbons (Fsp3) is 0.846. The summed E-state index contributed by atoms with van der Waals surface area (Å²) in [5.74, 6) is 0. The Morgan fingerprint density at radius 3 is 1.67 bits per heavy atom. The van der Waals surface area contributed by atoms with E-state index in [9.17, 15) is 9.59 Å². The van der Waals surface area contributed by atoms with Gasteiger partial charge in [-0.2, -0.15) is 0 Å². The van der Waals surface area contributed by atoms with Crippen LogP contribution < -0.4 is 0 Å². The van der Waals surface area contributed by atoms with E-state index in [1.807, 2.05) is 0 Å². The lowest BCUT2D eigenvalue weighted by molar-refractivity contribution is 0.0395. The Balaban J connectivity index is 2.73. The van der Waals surface area contributed by atoms with Crippen molar-refractivity contribution in [3.05, 3.63) is 0 Å². The number of hydrogen-bond donors (Lipinski definition) is 0. The molecule has 1 rings (SSSR count). The number of carbonyl (C=O) groups is 2. The van der Waals surface area contributed by atoms with Crippen LogP contribution in [0.3, 0.4) is 0 Å². The Morgan fingerprint density at radius 1 is 0.944 bits per heavy atom. The second kappa shape index (κ2) is 6.61. The highest BCUT2D eigenvalue weighted by atomic mass is 16.6. The minimum atomic E-state index is -0.595. The van der Waals surface area contributed by atoms with Gasteiger partial charge in [0.25, 0.3) is 0 Å². The Morgan fingerprint density at radius 2 is 1.33 bits per heavy atom. The molecular weight excluding hydrogens is 234 g/mol. The van der Waals surface area contributed by atoms with Crippen LogP contribution in [0.5, 0.6) is 0 Å². The summed E-state index contributed by atoms with van der Waals surface area (Å²) in [6.45, 7) is 7.05. The summed E-state index contributed by atoms with van der Waals surface area (Å²) in [6.07, 6.45) is 2.06. The molecule has 0 heterocycles. The first-order valence-corrected chi connectivity index (χ1v) is 6.62. The average molecular weight is 257 g/mol. The lowest BCUT2D eigenvalue weighted by Gasteiger charge is -2.27. The Bertz CT molecular complexity index is 273. The number of hydrogen-bond acceptors (Lipinski definition) is 4. The van der Waals surface area contributed by atoms with Crippen LogP contribution in [0, 0.1) is 0 Å². The molecule has 0 N–H and O–H groups in total. The number of carbonyl (C=O) groups excluding carboxylic acids is 2. The molecular formula is C13H23NO4. The third-order valence-corrected chi connectivity index (χ3v) is 2.76. The molecule has 0 atom stereocenters. The van der Waals surface area contributed by atoms with Gasteiger partial charge in [0.1, 0.15) is 0 Å². The van der Waals surface area contributed by atoms with Crippen molar-refractivity contribution in [1.82, 2.24) is 4.90 Å². The minimum absolute atomic E-state index is 0.0810. The number of ether oxygens (including phenoxy) is 2. The average Bonchev–Trinajstić information content (AvgIpc) is 2.68. The zero-order valence-electron chi connectivity index (χ0n) is 11.6. The second-order valence-corrected chi connectivity index (χ2v) is 5.17. The molecule has 1 aliphatic rings. The van der Waals surface area contributed by atoms with E-state index in [4.69, 9.17) is 9.47 Å². The monoisotopic (exact) mass is 257 g/mol. The molecule has 0 radical (unpaired) electrons. The van der Waals surface area contributed by atoms with Crippen molar-refractivity contribution in [2.75, 3.05) is 0 Å². The van der Waals surface area contributed by atoms with Gasteiger partial charge in [0.05, 0.1) is 12.2 Å². The second-order valence-electron chi connectivity index (χ2n) is 5.17. The van der Waals surface area contributed by atoms with Crippen LogP contribution in [0.25, 0.3) is 0 Å². The van der Waals surface area contributed by atoms with E-state index in [1.54, 1.807) is 27.7 Å². The first-order chi connectivity index (χ1) is 8.41. The standard InChI is InChI=1S/C13H23NO4/c1-9(2)17-12(15)14(11-7-5-6-8-11)13(16)18-10(3)4/h9-11H,5-8H2,1-4H3. The van der Waals surface area contributed by atoms with Gasteiger partial charge in [0.2, 0.25) is 0 Å². The fourth-order valence-corrected chi connectivity index (χ4v) is 2.05. The zero-order chi connectivity index (χ0) is 13.7.